The number of oxime groups is 1. The summed E-state index contributed by atoms with van der Waals surface area (Å²) in [5.74, 6) is -0.0669. The number of ether oxygens (including phenoxy) is 1. The molecular formula is C12H13BrF3N3O2. The van der Waals surface area contributed by atoms with E-state index in [0.717, 1.165) is 12.1 Å². The van der Waals surface area contributed by atoms with Gasteiger partial charge < -0.3 is 20.6 Å². The number of halogens is 4. The van der Waals surface area contributed by atoms with E-state index in [0.29, 0.717) is 29.9 Å². The molecule has 1 aliphatic rings. The van der Waals surface area contributed by atoms with E-state index in [9.17, 15) is 13.2 Å². The van der Waals surface area contributed by atoms with E-state index >= 15 is 0 Å². The number of morpholine rings is 1. The molecule has 1 saturated heterocycles. The van der Waals surface area contributed by atoms with Gasteiger partial charge in [-0.05, 0) is 34.1 Å². The van der Waals surface area contributed by atoms with Crippen LogP contribution in [0.2, 0.25) is 0 Å². The Hall–Kier alpha value is -1.48. The molecule has 0 aliphatic carbocycles. The Labute approximate surface area is 127 Å². The Morgan fingerprint density at radius 1 is 1.48 bits per heavy atom. The van der Waals surface area contributed by atoms with Crippen LogP contribution >= 0.6 is 15.9 Å². The van der Waals surface area contributed by atoms with Crippen molar-refractivity contribution in [2.45, 2.75) is 12.3 Å². The van der Waals surface area contributed by atoms with E-state index in [1.54, 1.807) is 0 Å². The SMILES string of the molecule is N/C(=N/O)C1CN(c2ccc(C(F)(F)F)cc2Br)CCO1. The van der Waals surface area contributed by atoms with E-state index in [1.807, 2.05) is 4.90 Å². The highest BCUT2D eigenvalue weighted by molar-refractivity contribution is 9.10. The lowest BCUT2D eigenvalue weighted by Crippen LogP contribution is -2.48. The second-order valence-electron chi connectivity index (χ2n) is 4.49. The average Bonchev–Trinajstić information content (AvgIpc) is 2.45. The van der Waals surface area contributed by atoms with Crippen molar-refractivity contribution in [3.05, 3.63) is 28.2 Å². The maximum Gasteiger partial charge on any atom is 0.416 e. The number of benzene rings is 1. The molecule has 3 N–H and O–H groups in total. The van der Waals surface area contributed by atoms with Gasteiger partial charge in [0.1, 0.15) is 6.10 Å². The predicted molar refractivity (Wildman–Crippen MR) is 74.5 cm³/mol. The molecule has 1 aromatic carbocycles. The summed E-state index contributed by atoms with van der Waals surface area (Å²) in [4.78, 5) is 1.82. The number of nitrogens with two attached hydrogens (primary N) is 1. The zero-order valence-corrected chi connectivity index (χ0v) is 12.4. The summed E-state index contributed by atoms with van der Waals surface area (Å²) in [7, 11) is 0. The maximum absolute atomic E-state index is 12.6. The molecule has 1 aromatic rings. The third-order valence-corrected chi connectivity index (χ3v) is 3.76. The van der Waals surface area contributed by atoms with Crippen molar-refractivity contribution < 1.29 is 23.1 Å². The van der Waals surface area contributed by atoms with Crippen LogP contribution in [0.5, 0.6) is 0 Å². The lowest BCUT2D eigenvalue weighted by Gasteiger charge is -2.34. The molecule has 0 amide bonds. The summed E-state index contributed by atoms with van der Waals surface area (Å²) in [6.07, 6.45) is -4.99. The number of hydrogen-bond acceptors (Lipinski definition) is 4. The van der Waals surface area contributed by atoms with Gasteiger partial charge in [-0.25, -0.2) is 0 Å². The number of hydrogen-bond donors (Lipinski definition) is 2. The Bertz CT molecular complexity index is 551. The van der Waals surface area contributed by atoms with Gasteiger partial charge in [-0.15, -0.1) is 0 Å². The number of nitrogens with zero attached hydrogens (tertiary/aromatic N) is 2. The van der Waals surface area contributed by atoms with Gasteiger partial charge in [0.15, 0.2) is 5.84 Å². The van der Waals surface area contributed by atoms with Crippen molar-refractivity contribution in [1.29, 1.82) is 0 Å². The Balaban J connectivity index is 2.22. The first kappa shape index (κ1) is 15.9. The van der Waals surface area contributed by atoms with Gasteiger partial charge >= 0.3 is 6.18 Å². The Morgan fingerprint density at radius 2 is 2.19 bits per heavy atom. The van der Waals surface area contributed by atoms with Crippen LogP contribution in [0.15, 0.2) is 27.8 Å². The van der Waals surface area contributed by atoms with E-state index in [-0.39, 0.29) is 5.84 Å². The van der Waals surface area contributed by atoms with Gasteiger partial charge in [0.25, 0.3) is 0 Å². The van der Waals surface area contributed by atoms with E-state index in [2.05, 4.69) is 21.1 Å². The summed E-state index contributed by atoms with van der Waals surface area (Å²) < 4.78 is 43.6. The Morgan fingerprint density at radius 3 is 2.76 bits per heavy atom. The molecule has 0 spiro atoms. The van der Waals surface area contributed by atoms with Crippen molar-refractivity contribution in [3.8, 4) is 0 Å². The zero-order valence-electron chi connectivity index (χ0n) is 10.8. The molecule has 21 heavy (non-hydrogen) atoms. The van der Waals surface area contributed by atoms with Crippen molar-refractivity contribution in [1.82, 2.24) is 0 Å². The van der Waals surface area contributed by atoms with Crippen LogP contribution in [0.4, 0.5) is 18.9 Å². The van der Waals surface area contributed by atoms with Crippen LogP contribution in [0.1, 0.15) is 5.56 Å². The molecule has 1 heterocycles. The van der Waals surface area contributed by atoms with Crippen LogP contribution in [0.3, 0.4) is 0 Å². The number of alkyl halides is 3. The predicted octanol–water partition coefficient (Wildman–Crippen LogP) is 2.42. The van der Waals surface area contributed by atoms with E-state index in [4.69, 9.17) is 15.7 Å². The first-order valence-electron chi connectivity index (χ1n) is 6.03. The molecule has 1 atom stereocenters. The molecule has 0 bridgehead atoms. The number of amidine groups is 1. The smallest absolute Gasteiger partial charge is 0.409 e. The van der Waals surface area contributed by atoms with Crippen LogP contribution in [-0.2, 0) is 10.9 Å². The number of rotatable bonds is 2. The lowest BCUT2D eigenvalue weighted by atomic mass is 10.1. The third-order valence-electron chi connectivity index (χ3n) is 3.13. The van der Waals surface area contributed by atoms with Crippen LogP contribution in [0, 0.1) is 0 Å². The fourth-order valence-corrected chi connectivity index (χ4v) is 2.68. The fourth-order valence-electron chi connectivity index (χ4n) is 2.05. The minimum Gasteiger partial charge on any atom is -0.409 e. The fraction of sp³-hybridized carbons (Fsp3) is 0.417. The third kappa shape index (κ3) is 3.59. The van der Waals surface area contributed by atoms with Gasteiger partial charge in [0.05, 0.1) is 24.4 Å². The highest BCUT2D eigenvalue weighted by Gasteiger charge is 2.32. The standard InChI is InChI=1S/C12H13BrF3N3O2/c13-8-5-7(12(14,15)16)1-2-9(8)19-3-4-21-10(6-19)11(17)18-20/h1-2,5,10,20H,3-4,6H2,(H2,17,18). The van der Waals surface area contributed by atoms with Gasteiger partial charge in [-0.1, -0.05) is 5.16 Å². The number of anilines is 1. The molecule has 1 fully saturated rings. The highest BCUT2D eigenvalue weighted by atomic mass is 79.9. The maximum atomic E-state index is 12.6. The minimum absolute atomic E-state index is 0.0669. The molecule has 0 radical (unpaired) electrons. The van der Waals surface area contributed by atoms with Crippen molar-refractivity contribution in [2.24, 2.45) is 10.9 Å². The van der Waals surface area contributed by atoms with Crippen molar-refractivity contribution in [3.63, 3.8) is 0 Å². The van der Waals surface area contributed by atoms with Gasteiger partial charge in [-0.2, -0.15) is 13.2 Å². The van der Waals surface area contributed by atoms with Crippen molar-refractivity contribution >= 4 is 27.5 Å². The molecule has 0 saturated carbocycles. The average molecular weight is 368 g/mol. The largest absolute Gasteiger partial charge is 0.416 e. The lowest BCUT2D eigenvalue weighted by molar-refractivity contribution is -0.137. The van der Waals surface area contributed by atoms with Crippen molar-refractivity contribution in [2.75, 3.05) is 24.6 Å². The van der Waals surface area contributed by atoms with Gasteiger partial charge in [0, 0.05) is 11.0 Å². The molecule has 1 aliphatic heterocycles. The summed E-state index contributed by atoms with van der Waals surface area (Å²) in [5.41, 5.74) is 5.37. The normalized spacial score (nSPS) is 20.7. The zero-order chi connectivity index (χ0) is 15.6. The van der Waals surface area contributed by atoms with Crippen LogP contribution in [0.25, 0.3) is 0 Å². The molecule has 9 heteroatoms. The minimum atomic E-state index is -4.39. The summed E-state index contributed by atoms with van der Waals surface area (Å²) >= 11 is 3.16. The molecule has 0 aromatic heterocycles. The summed E-state index contributed by atoms with van der Waals surface area (Å²) in [6.45, 7) is 1.12. The van der Waals surface area contributed by atoms with Gasteiger partial charge in [-0.3, -0.25) is 0 Å². The quantitative estimate of drug-likeness (QED) is 0.364. The monoisotopic (exact) mass is 367 g/mol. The molecule has 5 nitrogen and oxygen atoms in total. The topological polar surface area (TPSA) is 71.1 Å². The van der Waals surface area contributed by atoms with Crippen LogP contribution < -0.4 is 10.6 Å². The van der Waals surface area contributed by atoms with Gasteiger partial charge in [0.2, 0.25) is 0 Å². The van der Waals surface area contributed by atoms with E-state index < -0.39 is 17.8 Å². The Kier molecular flexibility index (Phi) is 4.62. The van der Waals surface area contributed by atoms with E-state index in [1.165, 1.54) is 6.07 Å². The molecule has 2 rings (SSSR count). The molecule has 1 unspecified atom stereocenters. The summed E-state index contributed by atoms with van der Waals surface area (Å²) in [5, 5.41) is 11.5. The second kappa shape index (κ2) is 6.10. The van der Waals surface area contributed by atoms with Crippen LogP contribution in [-0.4, -0.2) is 36.8 Å². The second-order valence-corrected chi connectivity index (χ2v) is 5.35. The highest BCUT2D eigenvalue weighted by Crippen LogP contribution is 2.35. The molecule has 116 valence electrons. The molecular weight excluding hydrogens is 355 g/mol. The summed E-state index contributed by atoms with van der Waals surface area (Å²) in [6, 6.07) is 3.44. The first-order valence-corrected chi connectivity index (χ1v) is 6.83. The first-order chi connectivity index (χ1) is 9.82.